The maximum Gasteiger partial charge on any atom is 0.262 e. The zero-order valence-corrected chi connectivity index (χ0v) is 21.2. The molecule has 0 bridgehead atoms. The molecule has 0 radical (unpaired) electrons. The summed E-state index contributed by atoms with van der Waals surface area (Å²) in [5.41, 5.74) is 0.932. The molecule has 0 heterocycles. The number of rotatable bonds is 10. The van der Waals surface area contributed by atoms with Gasteiger partial charge in [-0.15, -0.1) is 0 Å². The first-order valence-corrected chi connectivity index (χ1v) is 12.2. The molecule has 2 aromatic rings. The molecule has 0 saturated heterocycles. The van der Waals surface area contributed by atoms with Gasteiger partial charge in [0, 0.05) is 18.7 Å². The Kier molecular flexibility index (Phi) is 8.74. The quantitative estimate of drug-likeness (QED) is 0.554. The molecular formula is C24H34N2O6S. The number of hydrogen-bond donors (Lipinski definition) is 1. The molecule has 0 aliphatic rings. The van der Waals surface area contributed by atoms with E-state index in [-0.39, 0.29) is 22.6 Å². The molecule has 2 rings (SSSR count). The third-order valence-corrected chi connectivity index (χ3v) is 7.19. The Morgan fingerprint density at radius 2 is 1.61 bits per heavy atom. The fourth-order valence-corrected chi connectivity index (χ4v) is 4.82. The Morgan fingerprint density at radius 3 is 2.15 bits per heavy atom. The van der Waals surface area contributed by atoms with E-state index in [1.54, 1.807) is 33.1 Å². The minimum atomic E-state index is -3.69. The molecule has 0 atom stereocenters. The van der Waals surface area contributed by atoms with Gasteiger partial charge in [-0.05, 0) is 41.8 Å². The summed E-state index contributed by atoms with van der Waals surface area (Å²) < 4.78 is 43.5. The lowest BCUT2D eigenvalue weighted by molar-refractivity contribution is -0.118. The van der Waals surface area contributed by atoms with Gasteiger partial charge in [0.05, 0.1) is 24.8 Å². The predicted molar refractivity (Wildman–Crippen MR) is 129 cm³/mol. The van der Waals surface area contributed by atoms with Crippen molar-refractivity contribution in [1.29, 1.82) is 0 Å². The highest BCUT2D eigenvalue weighted by Crippen LogP contribution is 2.34. The van der Waals surface area contributed by atoms with Crippen LogP contribution in [0.2, 0.25) is 0 Å². The van der Waals surface area contributed by atoms with Gasteiger partial charge in [0.15, 0.2) is 6.61 Å². The Balaban J connectivity index is 2.24. The molecule has 8 nitrogen and oxygen atoms in total. The van der Waals surface area contributed by atoms with E-state index in [0.29, 0.717) is 30.3 Å². The van der Waals surface area contributed by atoms with Crippen LogP contribution in [0.1, 0.15) is 40.2 Å². The van der Waals surface area contributed by atoms with E-state index in [9.17, 15) is 13.2 Å². The molecule has 0 spiro atoms. The maximum atomic E-state index is 12.9. The number of carbonyl (C=O) groups excluding carboxylic acids is 1. The molecule has 9 heteroatoms. The molecule has 33 heavy (non-hydrogen) atoms. The highest BCUT2D eigenvalue weighted by Gasteiger charge is 2.24. The second-order valence-electron chi connectivity index (χ2n) is 8.40. The van der Waals surface area contributed by atoms with E-state index in [1.807, 2.05) is 26.8 Å². The molecule has 0 unspecified atom stereocenters. The number of hydrogen-bond acceptors (Lipinski definition) is 6. The van der Waals surface area contributed by atoms with E-state index >= 15 is 0 Å². The van der Waals surface area contributed by atoms with Crippen LogP contribution in [0.25, 0.3) is 0 Å². The normalized spacial score (nSPS) is 11.9. The summed E-state index contributed by atoms with van der Waals surface area (Å²) >= 11 is 0. The summed E-state index contributed by atoms with van der Waals surface area (Å²) in [6.07, 6.45) is 0. The zero-order chi connectivity index (χ0) is 24.8. The Morgan fingerprint density at radius 1 is 0.970 bits per heavy atom. The summed E-state index contributed by atoms with van der Waals surface area (Å²) in [6, 6.07) is 9.81. The van der Waals surface area contributed by atoms with E-state index in [1.165, 1.54) is 29.6 Å². The third-order valence-electron chi connectivity index (χ3n) is 5.14. The van der Waals surface area contributed by atoms with Crippen LogP contribution in [0, 0.1) is 0 Å². The van der Waals surface area contributed by atoms with E-state index in [4.69, 9.17) is 14.2 Å². The lowest BCUT2D eigenvalue weighted by Gasteiger charge is -2.23. The standard InChI is InChI=1S/C24H34N2O6S/c1-8-26(9-2)33(28,29)18-11-13-22(31-7)20(15-18)25-23(27)16-32-21-12-10-17(30-6)14-19(21)24(3,4)5/h10-15H,8-9,16H2,1-7H3,(H,25,27). The molecule has 182 valence electrons. The number of anilines is 1. The van der Waals surface area contributed by atoms with E-state index in [2.05, 4.69) is 5.32 Å². The lowest BCUT2D eigenvalue weighted by atomic mass is 9.86. The van der Waals surface area contributed by atoms with E-state index < -0.39 is 15.9 Å². The molecule has 0 aliphatic heterocycles. The van der Waals surface area contributed by atoms with Crippen LogP contribution in [0.5, 0.6) is 17.2 Å². The van der Waals surface area contributed by atoms with Gasteiger partial charge < -0.3 is 19.5 Å². The van der Waals surface area contributed by atoms with Crippen molar-refractivity contribution >= 4 is 21.6 Å². The first-order valence-electron chi connectivity index (χ1n) is 10.8. The fraction of sp³-hybridized carbons (Fsp3) is 0.458. The maximum absolute atomic E-state index is 12.9. The minimum Gasteiger partial charge on any atom is -0.497 e. The van der Waals surface area contributed by atoms with Gasteiger partial charge in [-0.3, -0.25) is 4.79 Å². The highest BCUT2D eigenvalue weighted by molar-refractivity contribution is 7.89. The monoisotopic (exact) mass is 478 g/mol. The lowest BCUT2D eigenvalue weighted by Crippen LogP contribution is -2.30. The van der Waals surface area contributed by atoms with Crippen molar-refractivity contribution in [1.82, 2.24) is 4.31 Å². The van der Waals surface area contributed by atoms with Crippen molar-refractivity contribution in [3.8, 4) is 17.2 Å². The molecular weight excluding hydrogens is 444 g/mol. The summed E-state index contributed by atoms with van der Waals surface area (Å²) in [5, 5.41) is 2.70. The van der Waals surface area contributed by atoms with Crippen LogP contribution in [0.3, 0.4) is 0 Å². The number of sulfonamides is 1. The largest absolute Gasteiger partial charge is 0.497 e. The second kappa shape index (κ2) is 10.9. The summed E-state index contributed by atoms with van der Waals surface area (Å²) in [7, 11) is -0.639. The van der Waals surface area contributed by atoms with Crippen LogP contribution in [0.4, 0.5) is 5.69 Å². The van der Waals surface area contributed by atoms with Gasteiger partial charge in [-0.1, -0.05) is 34.6 Å². The van der Waals surface area contributed by atoms with Crippen LogP contribution < -0.4 is 19.5 Å². The van der Waals surface area contributed by atoms with Crippen molar-refractivity contribution in [2.75, 3.05) is 39.2 Å². The first kappa shape index (κ1) is 26.5. The smallest absolute Gasteiger partial charge is 0.262 e. The predicted octanol–water partition coefficient (Wildman–Crippen LogP) is 4.05. The topological polar surface area (TPSA) is 94.2 Å². The van der Waals surface area contributed by atoms with Crippen LogP contribution in [-0.2, 0) is 20.2 Å². The van der Waals surface area contributed by atoms with Crippen molar-refractivity contribution in [3.63, 3.8) is 0 Å². The van der Waals surface area contributed by atoms with Crippen LogP contribution >= 0.6 is 0 Å². The molecule has 0 saturated carbocycles. The Bertz CT molecular complexity index is 1070. The summed E-state index contributed by atoms with van der Waals surface area (Å²) in [4.78, 5) is 12.7. The SMILES string of the molecule is CCN(CC)S(=O)(=O)c1ccc(OC)c(NC(=O)COc2ccc(OC)cc2C(C)(C)C)c1. The molecule has 1 amide bonds. The molecule has 1 N–H and O–H groups in total. The number of ether oxygens (including phenoxy) is 3. The van der Waals surface area contributed by atoms with Gasteiger partial charge in [0.1, 0.15) is 17.2 Å². The van der Waals surface area contributed by atoms with Gasteiger partial charge in [0.25, 0.3) is 5.91 Å². The third kappa shape index (κ3) is 6.39. The molecule has 0 aliphatic carbocycles. The number of benzene rings is 2. The summed E-state index contributed by atoms with van der Waals surface area (Å²) in [6.45, 7) is 10.1. The second-order valence-corrected chi connectivity index (χ2v) is 10.3. The Labute approximate surface area is 196 Å². The molecule has 2 aromatic carbocycles. The van der Waals surface area contributed by atoms with E-state index in [0.717, 1.165) is 5.56 Å². The number of carbonyl (C=O) groups is 1. The van der Waals surface area contributed by atoms with Gasteiger partial charge >= 0.3 is 0 Å². The minimum absolute atomic E-state index is 0.0772. The average molecular weight is 479 g/mol. The number of methoxy groups -OCH3 is 2. The van der Waals surface area contributed by atoms with Crippen LogP contribution in [0.15, 0.2) is 41.3 Å². The molecule has 0 aromatic heterocycles. The summed E-state index contributed by atoms with van der Waals surface area (Å²) in [5.74, 6) is 1.18. The zero-order valence-electron chi connectivity index (χ0n) is 20.4. The number of nitrogens with zero attached hydrogens (tertiary/aromatic N) is 1. The van der Waals surface area contributed by atoms with Crippen molar-refractivity contribution in [3.05, 3.63) is 42.0 Å². The van der Waals surface area contributed by atoms with Crippen molar-refractivity contribution < 1.29 is 27.4 Å². The first-order chi connectivity index (χ1) is 15.5. The highest BCUT2D eigenvalue weighted by atomic mass is 32.2. The van der Waals surface area contributed by atoms with Crippen LogP contribution in [-0.4, -0.2) is 52.5 Å². The average Bonchev–Trinajstić information content (AvgIpc) is 2.77. The van der Waals surface area contributed by atoms with Gasteiger partial charge in [-0.2, -0.15) is 4.31 Å². The number of amides is 1. The number of nitrogens with one attached hydrogen (secondary N) is 1. The fourth-order valence-electron chi connectivity index (χ4n) is 3.34. The molecule has 0 fully saturated rings. The van der Waals surface area contributed by atoms with Crippen molar-refractivity contribution in [2.24, 2.45) is 0 Å². The van der Waals surface area contributed by atoms with Gasteiger partial charge in [0.2, 0.25) is 10.0 Å². The van der Waals surface area contributed by atoms with Crippen molar-refractivity contribution in [2.45, 2.75) is 44.9 Å². The van der Waals surface area contributed by atoms with Gasteiger partial charge in [-0.25, -0.2) is 8.42 Å². The Hall–Kier alpha value is -2.78.